The number of hydrogen-bond donors (Lipinski definition) is 1. The lowest BCUT2D eigenvalue weighted by Crippen LogP contribution is -2.30. The van der Waals surface area contributed by atoms with E-state index in [1.54, 1.807) is 6.26 Å². The molecule has 66 valence electrons. The molecule has 1 aromatic heterocycles. The molecule has 12 heavy (non-hydrogen) atoms. The summed E-state index contributed by atoms with van der Waals surface area (Å²) in [5, 5.41) is 3.46. The summed E-state index contributed by atoms with van der Waals surface area (Å²) in [6.07, 6.45) is 4.24. The highest BCUT2D eigenvalue weighted by molar-refractivity contribution is 5.05. The van der Waals surface area contributed by atoms with Gasteiger partial charge in [-0.2, -0.15) is 0 Å². The fraction of sp³-hybridized carbons (Fsp3) is 0.600. The molecular weight excluding hydrogens is 150 g/mol. The lowest BCUT2D eigenvalue weighted by molar-refractivity contribution is 0.290. The van der Waals surface area contributed by atoms with Gasteiger partial charge >= 0.3 is 0 Å². The molecule has 2 nitrogen and oxygen atoms in total. The minimum absolute atomic E-state index is 0.448. The van der Waals surface area contributed by atoms with E-state index in [2.05, 4.69) is 18.3 Å². The minimum atomic E-state index is 0.448. The van der Waals surface area contributed by atoms with Gasteiger partial charge in [0.25, 0.3) is 0 Å². The van der Waals surface area contributed by atoms with Crippen molar-refractivity contribution in [2.75, 3.05) is 6.54 Å². The van der Waals surface area contributed by atoms with Crippen molar-refractivity contribution in [1.29, 1.82) is 0 Å². The highest BCUT2D eigenvalue weighted by Gasteiger charge is 2.21. The third-order valence-electron chi connectivity index (χ3n) is 2.55. The Morgan fingerprint density at radius 3 is 3.17 bits per heavy atom. The summed E-state index contributed by atoms with van der Waals surface area (Å²) in [7, 11) is 0. The predicted octanol–water partition coefficient (Wildman–Crippen LogP) is 2.34. The van der Waals surface area contributed by atoms with Gasteiger partial charge in [-0.3, -0.25) is 0 Å². The molecule has 0 bridgehead atoms. The zero-order chi connectivity index (χ0) is 8.39. The monoisotopic (exact) mass is 165 g/mol. The van der Waals surface area contributed by atoms with Crippen LogP contribution in [0.25, 0.3) is 0 Å². The molecule has 0 aliphatic carbocycles. The maximum Gasteiger partial charge on any atom is 0.120 e. The normalized spacial score (nSPS) is 30.4. The van der Waals surface area contributed by atoms with Crippen molar-refractivity contribution in [3.05, 3.63) is 24.2 Å². The fourth-order valence-corrected chi connectivity index (χ4v) is 1.81. The first-order valence-electron chi connectivity index (χ1n) is 4.63. The molecule has 1 aliphatic heterocycles. The molecule has 1 saturated heterocycles. The summed E-state index contributed by atoms with van der Waals surface area (Å²) in [4.78, 5) is 0. The molecule has 1 N–H and O–H groups in total. The van der Waals surface area contributed by atoms with Crippen LogP contribution in [0, 0.1) is 5.92 Å². The average Bonchev–Trinajstić information content (AvgIpc) is 2.56. The number of rotatable bonds is 1. The van der Waals surface area contributed by atoms with E-state index in [0.717, 1.165) is 18.2 Å². The van der Waals surface area contributed by atoms with Crippen molar-refractivity contribution in [2.24, 2.45) is 5.92 Å². The summed E-state index contributed by atoms with van der Waals surface area (Å²) in [6.45, 7) is 3.42. The van der Waals surface area contributed by atoms with Crippen molar-refractivity contribution in [1.82, 2.24) is 5.32 Å². The summed E-state index contributed by atoms with van der Waals surface area (Å²) in [5.74, 6) is 1.91. The van der Waals surface area contributed by atoms with Gasteiger partial charge in [0.2, 0.25) is 0 Å². The van der Waals surface area contributed by atoms with Gasteiger partial charge in [0.05, 0.1) is 12.3 Å². The topological polar surface area (TPSA) is 25.2 Å². The zero-order valence-corrected chi connectivity index (χ0v) is 7.42. The maximum atomic E-state index is 5.36. The minimum Gasteiger partial charge on any atom is -0.468 e. The maximum absolute atomic E-state index is 5.36. The van der Waals surface area contributed by atoms with Crippen LogP contribution in [0.4, 0.5) is 0 Å². The van der Waals surface area contributed by atoms with Crippen LogP contribution in [-0.4, -0.2) is 6.54 Å². The van der Waals surface area contributed by atoms with Crippen LogP contribution >= 0.6 is 0 Å². The Kier molecular flexibility index (Phi) is 2.17. The second-order valence-corrected chi connectivity index (χ2v) is 3.65. The molecule has 1 fully saturated rings. The second kappa shape index (κ2) is 3.31. The molecule has 2 heterocycles. The van der Waals surface area contributed by atoms with E-state index in [0.29, 0.717) is 6.04 Å². The van der Waals surface area contributed by atoms with Gasteiger partial charge in [0.1, 0.15) is 5.76 Å². The molecule has 2 rings (SSSR count). The van der Waals surface area contributed by atoms with Crippen LogP contribution in [0.1, 0.15) is 31.6 Å². The van der Waals surface area contributed by atoms with E-state index in [9.17, 15) is 0 Å². The number of nitrogens with one attached hydrogen (secondary N) is 1. The Morgan fingerprint density at radius 1 is 1.58 bits per heavy atom. The Morgan fingerprint density at radius 2 is 2.50 bits per heavy atom. The van der Waals surface area contributed by atoms with Crippen LogP contribution in [-0.2, 0) is 0 Å². The van der Waals surface area contributed by atoms with Crippen LogP contribution < -0.4 is 5.32 Å². The largest absolute Gasteiger partial charge is 0.468 e. The molecule has 2 atom stereocenters. The number of furan rings is 1. The SMILES string of the molecule is CC1CCNC(c2ccco2)C1. The van der Waals surface area contributed by atoms with E-state index in [-0.39, 0.29) is 0 Å². The van der Waals surface area contributed by atoms with Gasteiger partial charge in [-0.1, -0.05) is 6.92 Å². The van der Waals surface area contributed by atoms with E-state index >= 15 is 0 Å². The molecule has 0 spiro atoms. The second-order valence-electron chi connectivity index (χ2n) is 3.65. The van der Waals surface area contributed by atoms with Crippen LogP contribution in [0.2, 0.25) is 0 Å². The molecule has 1 aromatic rings. The first kappa shape index (κ1) is 7.87. The summed E-state index contributed by atoms with van der Waals surface area (Å²) < 4.78 is 5.36. The van der Waals surface area contributed by atoms with Crippen molar-refractivity contribution in [3.63, 3.8) is 0 Å². The molecular formula is C10H15NO. The lowest BCUT2D eigenvalue weighted by atomic mass is 9.93. The first-order valence-corrected chi connectivity index (χ1v) is 4.63. The number of hydrogen-bond acceptors (Lipinski definition) is 2. The van der Waals surface area contributed by atoms with Gasteiger partial charge in [-0.05, 0) is 37.4 Å². The van der Waals surface area contributed by atoms with Crippen molar-refractivity contribution in [2.45, 2.75) is 25.8 Å². The predicted molar refractivity (Wildman–Crippen MR) is 47.8 cm³/mol. The van der Waals surface area contributed by atoms with E-state index in [1.807, 2.05) is 6.07 Å². The van der Waals surface area contributed by atoms with Crippen LogP contribution in [0.3, 0.4) is 0 Å². The first-order chi connectivity index (χ1) is 5.86. The molecule has 2 heteroatoms. The summed E-state index contributed by atoms with van der Waals surface area (Å²) in [5.41, 5.74) is 0. The van der Waals surface area contributed by atoms with Crippen molar-refractivity contribution in [3.8, 4) is 0 Å². The molecule has 1 aliphatic rings. The van der Waals surface area contributed by atoms with E-state index in [4.69, 9.17) is 4.42 Å². The van der Waals surface area contributed by atoms with Crippen molar-refractivity contribution >= 4 is 0 Å². The third-order valence-corrected chi connectivity index (χ3v) is 2.55. The molecule has 2 unspecified atom stereocenters. The Bertz CT molecular complexity index is 230. The molecule has 0 saturated carbocycles. The quantitative estimate of drug-likeness (QED) is 0.691. The van der Waals surface area contributed by atoms with Gasteiger partial charge in [0, 0.05) is 0 Å². The van der Waals surface area contributed by atoms with E-state index in [1.165, 1.54) is 12.8 Å². The highest BCUT2D eigenvalue weighted by Crippen LogP contribution is 2.26. The van der Waals surface area contributed by atoms with Gasteiger partial charge < -0.3 is 9.73 Å². The van der Waals surface area contributed by atoms with Crippen LogP contribution in [0.15, 0.2) is 22.8 Å². The van der Waals surface area contributed by atoms with Gasteiger partial charge in [-0.25, -0.2) is 0 Å². The Hall–Kier alpha value is -0.760. The lowest BCUT2D eigenvalue weighted by Gasteiger charge is -2.26. The van der Waals surface area contributed by atoms with E-state index < -0.39 is 0 Å². The molecule has 0 amide bonds. The third kappa shape index (κ3) is 1.53. The highest BCUT2D eigenvalue weighted by atomic mass is 16.3. The zero-order valence-electron chi connectivity index (χ0n) is 7.42. The fourth-order valence-electron chi connectivity index (χ4n) is 1.81. The van der Waals surface area contributed by atoms with Crippen LogP contribution in [0.5, 0.6) is 0 Å². The Balaban J connectivity index is 2.04. The van der Waals surface area contributed by atoms with Gasteiger partial charge in [0.15, 0.2) is 0 Å². The van der Waals surface area contributed by atoms with Crippen molar-refractivity contribution < 1.29 is 4.42 Å². The average molecular weight is 165 g/mol. The molecule has 0 aromatic carbocycles. The summed E-state index contributed by atoms with van der Waals surface area (Å²) in [6, 6.07) is 4.45. The summed E-state index contributed by atoms with van der Waals surface area (Å²) >= 11 is 0. The number of piperidine rings is 1. The Labute approximate surface area is 73.0 Å². The molecule has 0 radical (unpaired) electrons. The smallest absolute Gasteiger partial charge is 0.120 e. The van der Waals surface area contributed by atoms with Gasteiger partial charge in [-0.15, -0.1) is 0 Å². The standard InChI is InChI=1S/C10H15NO/c1-8-4-5-11-9(7-8)10-3-2-6-12-10/h2-3,6,8-9,11H,4-5,7H2,1H3.